The molecule has 0 aromatic rings. The van der Waals surface area contributed by atoms with Crippen LogP contribution in [-0.4, -0.2) is 55.9 Å². The first kappa shape index (κ1) is 16.4. The van der Waals surface area contributed by atoms with Crippen molar-refractivity contribution >= 4 is 12.4 Å². The molecule has 3 heterocycles. The van der Waals surface area contributed by atoms with Crippen LogP contribution in [0.15, 0.2) is 5.11 Å². The van der Waals surface area contributed by atoms with Gasteiger partial charge in [-0.15, -0.1) is 12.4 Å². The van der Waals surface area contributed by atoms with E-state index in [9.17, 15) is 0 Å². The summed E-state index contributed by atoms with van der Waals surface area (Å²) >= 11 is 0. The van der Waals surface area contributed by atoms with Gasteiger partial charge in [-0.05, 0) is 5.53 Å². The summed E-state index contributed by atoms with van der Waals surface area (Å²) in [5.74, 6) is 0. The molecule has 2 unspecified atom stereocenters. The standard InChI is InChI=1S/C4H7N3O2.C4H6O2.ClH.H3N/c5-7-6-3-1-9-2-4(3)8;1-3-4(6-3)2-5-1;;/h3-4,8H,1-2H2;3-4H,1-2H2;1H;1H3/t3-,4-;;;/m0.../s1. The molecule has 0 radical (unpaired) electrons. The van der Waals surface area contributed by atoms with Crippen molar-refractivity contribution in [3.8, 4) is 0 Å². The number of nitrogens with zero attached hydrogens (tertiary/aromatic N) is 3. The minimum Gasteiger partial charge on any atom is -0.390 e. The Labute approximate surface area is 105 Å². The van der Waals surface area contributed by atoms with E-state index in [0.29, 0.717) is 18.8 Å². The van der Waals surface area contributed by atoms with Gasteiger partial charge in [-0.2, -0.15) is 0 Å². The Hall–Kier alpha value is -0.600. The normalized spacial score (nSPS) is 36.3. The van der Waals surface area contributed by atoms with Crippen molar-refractivity contribution in [2.75, 3.05) is 26.4 Å². The molecule has 0 bridgehead atoms. The van der Waals surface area contributed by atoms with Crippen LogP contribution in [0.2, 0.25) is 0 Å². The van der Waals surface area contributed by atoms with E-state index in [2.05, 4.69) is 10.0 Å². The van der Waals surface area contributed by atoms with E-state index in [-0.39, 0.29) is 31.2 Å². The van der Waals surface area contributed by atoms with Gasteiger partial charge in [0.05, 0.1) is 38.6 Å². The lowest BCUT2D eigenvalue weighted by atomic mass is 10.2. The highest BCUT2D eigenvalue weighted by Crippen LogP contribution is 2.27. The first-order valence-corrected chi connectivity index (χ1v) is 4.84. The average Bonchev–Trinajstić information content (AvgIpc) is 2.65. The minimum absolute atomic E-state index is 0. The Morgan fingerprint density at radius 1 is 1.12 bits per heavy atom. The first-order chi connectivity index (χ1) is 7.31. The molecule has 4 N–H and O–H groups in total. The number of rotatable bonds is 1. The summed E-state index contributed by atoms with van der Waals surface area (Å²) in [5, 5.41) is 12.2. The Bertz CT molecular complexity index is 268. The molecule has 3 fully saturated rings. The van der Waals surface area contributed by atoms with Crippen LogP contribution in [0.1, 0.15) is 0 Å². The van der Waals surface area contributed by atoms with Gasteiger partial charge in [0, 0.05) is 4.91 Å². The zero-order chi connectivity index (χ0) is 10.7. The topological polar surface area (TPSA) is 135 Å². The molecule has 100 valence electrons. The highest BCUT2D eigenvalue weighted by atomic mass is 35.5. The van der Waals surface area contributed by atoms with Crippen molar-refractivity contribution in [2.24, 2.45) is 5.11 Å². The Balaban J connectivity index is 0.000000282. The summed E-state index contributed by atoms with van der Waals surface area (Å²) in [6.07, 6.45) is 0.371. The van der Waals surface area contributed by atoms with Crippen molar-refractivity contribution in [1.29, 1.82) is 0 Å². The van der Waals surface area contributed by atoms with Gasteiger partial charge in [0.15, 0.2) is 0 Å². The SMILES string of the molecule is C1OCC2OC12.Cl.N.[N-]=[N+]=N[C@H]1COC[C@@H]1O. The smallest absolute Gasteiger partial charge is 0.110 e. The highest BCUT2D eigenvalue weighted by Gasteiger charge is 2.44. The van der Waals surface area contributed by atoms with Crippen molar-refractivity contribution in [3.05, 3.63) is 10.4 Å². The van der Waals surface area contributed by atoms with Crippen LogP contribution in [0, 0.1) is 0 Å². The molecule has 0 amide bonds. The number of epoxide rings is 1. The predicted octanol–water partition coefficient (Wildman–Crippen LogP) is 0.424. The van der Waals surface area contributed by atoms with Crippen LogP contribution in [0.4, 0.5) is 0 Å². The summed E-state index contributed by atoms with van der Waals surface area (Å²) in [6, 6.07) is -0.380. The molecule has 8 nitrogen and oxygen atoms in total. The van der Waals surface area contributed by atoms with Gasteiger partial charge >= 0.3 is 0 Å². The molecule has 0 aromatic carbocycles. The summed E-state index contributed by atoms with van der Waals surface area (Å²) in [6.45, 7) is 2.30. The summed E-state index contributed by atoms with van der Waals surface area (Å²) < 4.78 is 14.8. The van der Waals surface area contributed by atoms with Gasteiger partial charge in [-0.25, -0.2) is 0 Å². The molecule has 0 spiro atoms. The number of aliphatic hydroxyl groups excluding tert-OH is 1. The number of azide groups is 1. The van der Waals surface area contributed by atoms with Gasteiger partial charge in [0.25, 0.3) is 0 Å². The van der Waals surface area contributed by atoms with Gasteiger partial charge < -0.3 is 25.5 Å². The van der Waals surface area contributed by atoms with Gasteiger partial charge in [-0.3, -0.25) is 0 Å². The number of hydrogen-bond acceptors (Lipinski definition) is 6. The second kappa shape index (κ2) is 7.67. The molecule has 3 saturated heterocycles. The Morgan fingerprint density at radius 2 is 1.71 bits per heavy atom. The number of fused-ring (bicyclic) bond motifs is 1. The molecule has 0 aliphatic carbocycles. The second-order valence-electron chi connectivity index (χ2n) is 3.63. The maximum Gasteiger partial charge on any atom is 0.110 e. The quantitative estimate of drug-likeness (QED) is 0.307. The van der Waals surface area contributed by atoms with Crippen LogP contribution in [-0.2, 0) is 14.2 Å². The minimum atomic E-state index is -0.610. The lowest BCUT2D eigenvalue weighted by molar-refractivity contribution is 0.100. The molecule has 3 aliphatic rings. The zero-order valence-corrected chi connectivity index (χ0v) is 10.1. The molecule has 4 atom stereocenters. The molecule has 9 heteroatoms. The van der Waals surface area contributed by atoms with Crippen LogP contribution in [0.3, 0.4) is 0 Å². The van der Waals surface area contributed by atoms with Crippen LogP contribution in [0.25, 0.3) is 10.4 Å². The molecule has 3 rings (SSSR count). The number of ether oxygens (including phenoxy) is 3. The second-order valence-corrected chi connectivity index (χ2v) is 3.63. The Morgan fingerprint density at radius 3 is 2.00 bits per heavy atom. The number of hydrogen-bond donors (Lipinski definition) is 2. The van der Waals surface area contributed by atoms with Crippen molar-refractivity contribution in [1.82, 2.24) is 6.15 Å². The van der Waals surface area contributed by atoms with E-state index in [0.717, 1.165) is 13.2 Å². The fourth-order valence-corrected chi connectivity index (χ4v) is 1.48. The Kier molecular flexibility index (Phi) is 7.40. The fourth-order valence-electron chi connectivity index (χ4n) is 1.48. The molecule has 0 saturated carbocycles. The lowest BCUT2D eigenvalue weighted by Crippen LogP contribution is -2.20. The molecule has 0 aromatic heterocycles. The highest BCUT2D eigenvalue weighted by molar-refractivity contribution is 5.85. The van der Waals surface area contributed by atoms with Gasteiger partial charge in [0.1, 0.15) is 12.2 Å². The summed E-state index contributed by atoms with van der Waals surface area (Å²) in [4.78, 5) is 2.55. The zero-order valence-electron chi connectivity index (χ0n) is 9.27. The third-order valence-electron chi connectivity index (χ3n) is 2.47. The van der Waals surface area contributed by atoms with Crippen LogP contribution in [0.5, 0.6) is 0 Å². The molecular weight excluding hydrogens is 252 g/mol. The van der Waals surface area contributed by atoms with E-state index in [4.69, 9.17) is 24.8 Å². The number of halogens is 1. The van der Waals surface area contributed by atoms with Gasteiger partial charge in [0.2, 0.25) is 0 Å². The fraction of sp³-hybridized carbons (Fsp3) is 1.00. The summed E-state index contributed by atoms with van der Waals surface area (Å²) in [5.41, 5.74) is 7.94. The van der Waals surface area contributed by atoms with Crippen molar-refractivity contribution in [3.63, 3.8) is 0 Å². The summed E-state index contributed by atoms with van der Waals surface area (Å²) in [7, 11) is 0. The predicted molar refractivity (Wildman–Crippen MR) is 61.5 cm³/mol. The first-order valence-electron chi connectivity index (χ1n) is 4.84. The monoisotopic (exact) mass is 268 g/mol. The van der Waals surface area contributed by atoms with E-state index in [1.54, 1.807) is 0 Å². The molecular formula is C8H17ClN4O4. The van der Waals surface area contributed by atoms with Crippen molar-refractivity contribution < 1.29 is 19.3 Å². The van der Waals surface area contributed by atoms with E-state index >= 15 is 0 Å². The van der Waals surface area contributed by atoms with E-state index < -0.39 is 6.10 Å². The van der Waals surface area contributed by atoms with Gasteiger partial charge in [-0.1, -0.05) is 5.11 Å². The van der Waals surface area contributed by atoms with E-state index in [1.807, 2.05) is 0 Å². The maximum atomic E-state index is 8.93. The van der Waals surface area contributed by atoms with Crippen LogP contribution >= 0.6 is 12.4 Å². The largest absolute Gasteiger partial charge is 0.390 e. The third-order valence-corrected chi connectivity index (χ3v) is 2.47. The van der Waals surface area contributed by atoms with E-state index in [1.165, 1.54) is 0 Å². The van der Waals surface area contributed by atoms with Crippen molar-refractivity contribution in [2.45, 2.75) is 24.4 Å². The molecule has 17 heavy (non-hydrogen) atoms. The molecule has 3 aliphatic heterocycles. The lowest BCUT2D eigenvalue weighted by Gasteiger charge is -2.01. The average molecular weight is 269 g/mol. The third kappa shape index (κ3) is 4.64. The maximum absolute atomic E-state index is 8.93. The number of aliphatic hydroxyl groups is 1. The van der Waals surface area contributed by atoms with Crippen LogP contribution < -0.4 is 6.15 Å².